The quantitative estimate of drug-likeness (QED) is 0.674. The third kappa shape index (κ3) is 3.85. The maximum absolute atomic E-state index is 13.2. The van der Waals surface area contributed by atoms with Crippen LogP contribution in [0.5, 0.6) is 5.75 Å². The topological polar surface area (TPSA) is 41.9 Å². The average Bonchev–Trinajstić information content (AvgIpc) is 2.96. The molecule has 1 fully saturated rings. The molecule has 2 aromatic carbocycles. The van der Waals surface area contributed by atoms with Crippen LogP contribution >= 0.6 is 11.8 Å². The van der Waals surface area contributed by atoms with Crippen LogP contribution in [0.15, 0.2) is 52.4 Å². The first-order chi connectivity index (χ1) is 13.5. The number of hydrogen-bond donors (Lipinski definition) is 0. The van der Waals surface area contributed by atoms with Crippen LogP contribution in [0.3, 0.4) is 0 Å². The fraction of sp³-hybridized carbons (Fsp3) is 0.304. The molecule has 0 unspecified atom stereocenters. The van der Waals surface area contributed by atoms with E-state index >= 15 is 0 Å². The van der Waals surface area contributed by atoms with Gasteiger partial charge >= 0.3 is 0 Å². The number of benzene rings is 2. The molecular formula is C23H24N2O2S. The van der Waals surface area contributed by atoms with Crippen molar-refractivity contribution in [3.8, 4) is 5.75 Å². The summed E-state index contributed by atoms with van der Waals surface area (Å²) in [5.74, 6) is 0.936. The monoisotopic (exact) mass is 392 g/mol. The maximum atomic E-state index is 13.2. The number of amides is 1. The lowest BCUT2D eigenvalue weighted by molar-refractivity contribution is -0.113. The Morgan fingerprint density at radius 1 is 1.21 bits per heavy atom. The van der Waals surface area contributed by atoms with Crippen LogP contribution in [-0.4, -0.2) is 23.7 Å². The second kappa shape index (κ2) is 7.84. The van der Waals surface area contributed by atoms with Crippen LogP contribution < -0.4 is 9.64 Å². The van der Waals surface area contributed by atoms with Gasteiger partial charge in [0.1, 0.15) is 5.75 Å². The molecule has 0 spiro atoms. The van der Waals surface area contributed by atoms with E-state index in [4.69, 9.17) is 9.73 Å². The van der Waals surface area contributed by atoms with Crippen molar-refractivity contribution in [1.82, 2.24) is 0 Å². The number of carbonyl (C=O) groups is 1. The van der Waals surface area contributed by atoms with Crippen molar-refractivity contribution in [2.45, 2.75) is 39.7 Å². The van der Waals surface area contributed by atoms with Gasteiger partial charge in [0.05, 0.1) is 17.2 Å². The summed E-state index contributed by atoms with van der Waals surface area (Å²) >= 11 is 1.44. The number of fused-ring (bicyclic) bond motifs is 1. The third-order valence-electron chi connectivity index (χ3n) is 4.67. The minimum Gasteiger partial charge on any atom is -0.493 e. The highest BCUT2D eigenvalue weighted by molar-refractivity contribution is 8.19. The summed E-state index contributed by atoms with van der Waals surface area (Å²) in [6.45, 7) is 6.86. The van der Waals surface area contributed by atoms with Gasteiger partial charge in [-0.15, -0.1) is 0 Å². The average molecular weight is 393 g/mol. The van der Waals surface area contributed by atoms with Gasteiger partial charge in [-0.2, -0.15) is 0 Å². The lowest BCUT2D eigenvalue weighted by atomic mass is 10.0. The zero-order valence-electron chi connectivity index (χ0n) is 16.4. The standard InChI is InChI=1S/C23H24N2O2S/c1-15(2)24-23-25(19-8-4-6-16(3)12-19)22(26)21(28-23)14-17-9-10-20-18(13-17)7-5-11-27-20/h4,6,8-10,12-15H,5,7,11H2,1-3H3/b21-14-,24-23-. The van der Waals surface area contributed by atoms with E-state index < -0.39 is 0 Å². The number of nitrogens with zero attached hydrogens (tertiary/aromatic N) is 2. The molecule has 28 heavy (non-hydrogen) atoms. The summed E-state index contributed by atoms with van der Waals surface area (Å²) in [5, 5.41) is 0.734. The predicted octanol–water partition coefficient (Wildman–Crippen LogP) is 5.21. The van der Waals surface area contributed by atoms with Gasteiger partial charge in [0.25, 0.3) is 5.91 Å². The molecule has 2 aliphatic heterocycles. The molecule has 0 aromatic heterocycles. The van der Waals surface area contributed by atoms with E-state index in [2.05, 4.69) is 6.07 Å². The van der Waals surface area contributed by atoms with E-state index in [-0.39, 0.29) is 11.9 Å². The Bertz CT molecular complexity index is 978. The van der Waals surface area contributed by atoms with Crippen LogP contribution in [0.4, 0.5) is 5.69 Å². The van der Waals surface area contributed by atoms with E-state index in [1.54, 1.807) is 4.90 Å². The number of ether oxygens (including phenoxy) is 1. The molecule has 2 aromatic rings. The smallest absolute Gasteiger partial charge is 0.271 e. The summed E-state index contributed by atoms with van der Waals surface area (Å²) in [4.78, 5) is 20.4. The second-order valence-electron chi connectivity index (χ2n) is 7.41. The van der Waals surface area contributed by atoms with Crippen molar-refractivity contribution in [2.75, 3.05) is 11.5 Å². The molecular weight excluding hydrogens is 368 g/mol. The SMILES string of the molecule is Cc1cccc(N2C(=O)/C(=C/c3ccc4c(c3)CCCO4)S/C2=N\C(C)C)c1. The van der Waals surface area contributed by atoms with E-state index in [1.807, 2.05) is 63.2 Å². The number of amidine groups is 1. The van der Waals surface area contributed by atoms with Gasteiger partial charge in [0.15, 0.2) is 5.17 Å². The van der Waals surface area contributed by atoms with Crippen LogP contribution in [0.2, 0.25) is 0 Å². The Morgan fingerprint density at radius 3 is 2.86 bits per heavy atom. The number of hydrogen-bond acceptors (Lipinski definition) is 4. The van der Waals surface area contributed by atoms with Crippen LogP contribution in [-0.2, 0) is 11.2 Å². The Labute approximate surface area is 170 Å². The molecule has 0 N–H and O–H groups in total. The molecule has 1 amide bonds. The van der Waals surface area contributed by atoms with Crippen molar-refractivity contribution < 1.29 is 9.53 Å². The Morgan fingerprint density at radius 2 is 2.07 bits per heavy atom. The first-order valence-electron chi connectivity index (χ1n) is 9.65. The van der Waals surface area contributed by atoms with Crippen LogP contribution in [0, 0.1) is 6.92 Å². The highest BCUT2D eigenvalue weighted by Gasteiger charge is 2.34. The van der Waals surface area contributed by atoms with Gasteiger partial charge in [-0.1, -0.05) is 18.2 Å². The van der Waals surface area contributed by atoms with Gasteiger partial charge in [0.2, 0.25) is 0 Å². The fourth-order valence-corrected chi connectivity index (χ4v) is 4.51. The molecule has 0 aliphatic carbocycles. The number of aryl methyl sites for hydroxylation is 2. The van der Waals surface area contributed by atoms with E-state index in [0.29, 0.717) is 4.91 Å². The Kier molecular flexibility index (Phi) is 5.27. The van der Waals surface area contributed by atoms with E-state index in [9.17, 15) is 4.79 Å². The lowest BCUT2D eigenvalue weighted by Gasteiger charge is -2.17. The third-order valence-corrected chi connectivity index (χ3v) is 5.65. The number of rotatable bonds is 3. The number of carbonyl (C=O) groups excluding carboxylic acids is 1. The van der Waals surface area contributed by atoms with Crippen molar-refractivity contribution >= 4 is 34.6 Å². The van der Waals surface area contributed by atoms with Crippen LogP contribution in [0.25, 0.3) is 6.08 Å². The minimum atomic E-state index is -0.0241. The first kappa shape index (κ1) is 18.8. The first-order valence-corrected chi connectivity index (χ1v) is 10.5. The molecule has 5 heteroatoms. The fourth-order valence-electron chi connectivity index (χ4n) is 3.40. The molecule has 0 bridgehead atoms. The van der Waals surface area contributed by atoms with Gasteiger partial charge in [-0.3, -0.25) is 14.7 Å². The summed E-state index contributed by atoms with van der Waals surface area (Å²) < 4.78 is 5.70. The zero-order chi connectivity index (χ0) is 19.7. The Balaban J connectivity index is 1.71. The number of aliphatic imine (C=N–C) groups is 1. The molecule has 2 heterocycles. The molecule has 0 radical (unpaired) electrons. The second-order valence-corrected chi connectivity index (χ2v) is 8.42. The van der Waals surface area contributed by atoms with E-state index in [1.165, 1.54) is 17.3 Å². The highest BCUT2D eigenvalue weighted by atomic mass is 32.2. The van der Waals surface area contributed by atoms with Crippen molar-refractivity contribution in [1.29, 1.82) is 0 Å². The summed E-state index contributed by atoms with van der Waals surface area (Å²) in [5.41, 5.74) is 4.21. The largest absolute Gasteiger partial charge is 0.493 e. The molecule has 144 valence electrons. The van der Waals surface area contributed by atoms with Crippen molar-refractivity contribution in [2.24, 2.45) is 4.99 Å². The van der Waals surface area contributed by atoms with Crippen LogP contribution in [0.1, 0.15) is 37.0 Å². The number of thioether (sulfide) groups is 1. The Hall–Kier alpha value is -2.53. The molecule has 0 atom stereocenters. The number of anilines is 1. The zero-order valence-corrected chi connectivity index (χ0v) is 17.3. The predicted molar refractivity (Wildman–Crippen MR) is 117 cm³/mol. The van der Waals surface area contributed by atoms with Gasteiger partial charge in [-0.05, 0) is 92.4 Å². The summed E-state index contributed by atoms with van der Waals surface area (Å²) in [7, 11) is 0. The van der Waals surface area contributed by atoms with Gasteiger partial charge in [0, 0.05) is 6.04 Å². The van der Waals surface area contributed by atoms with E-state index in [0.717, 1.165) is 47.2 Å². The lowest BCUT2D eigenvalue weighted by Crippen LogP contribution is -2.29. The molecule has 1 saturated heterocycles. The van der Waals surface area contributed by atoms with Gasteiger partial charge in [-0.25, -0.2) is 0 Å². The molecule has 0 saturated carbocycles. The molecule has 4 rings (SSSR count). The minimum absolute atomic E-state index is 0.0241. The normalized spacial score (nSPS) is 19.4. The van der Waals surface area contributed by atoms with Crippen molar-refractivity contribution in [3.05, 3.63) is 64.1 Å². The summed E-state index contributed by atoms with van der Waals surface area (Å²) in [6.07, 6.45) is 4.02. The summed E-state index contributed by atoms with van der Waals surface area (Å²) in [6, 6.07) is 14.2. The highest BCUT2D eigenvalue weighted by Crippen LogP contribution is 2.37. The van der Waals surface area contributed by atoms with Crippen molar-refractivity contribution in [3.63, 3.8) is 0 Å². The molecule has 2 aliphatic rings. The maximum Gasteiger partial charge on any atom is 0.271 e. The van der Waals surface area contributed by atoms with Gasteiger partial charge < -0.3 is 4.74 Å². The molecule has 4 nitrogen and oxygen atoms in total.